The molecule has 0 aromatic carbocycles. The van der Waals surface area contributed by atoms with Crippen LogP contribution in [0, 0.1) is 5.92 Å². The molecular formula is C15H23ClN2O2. The third kappa shape index (κ3) is 5.80. The van der Waals surface area contributed by atoms with E-state index in [1.165, 1.54) is 0 Å². The molecule has 20 heavy (non-hydrogen) atoms. The van der Waals surface area contributed by atoms with Crippen LogP contribution in [0.4, 0.5) is 0 Å². The summed E-state index contributed by atoms with van der Waals surface area (Å²) in [5.74, 6) is -0.267. The number of hydrogen-bond donors (Lipinski definition) is 2. The predicted octanol–water partition coefficient (Wildman–Crippen LogP) is 3.22. The topological polar surface area (TPSA) is 54.3 Å². The number of aryl methyl sites for hydroxylation is 1. The predicted molar refractivity (Wildman–Crippen MR) is 81.8 cm³/mol. The van der Waals surface area contributed by atoms with E-state index in [1.807, 2.05) is 18.3 Å². The Bertz CT molecular complexity index is 454. The number of halogens is 1. The van der Waals surface area contributed by atoms with Gasteiger partial charge in [-0.15, -0.1) is 0 Å². The van der Waals surface area contributed by atoms with E-state index in [2.05, 4.69) is 30.3 Å². The summed E-state index contributed by atoms with van der Waals surface area (Å²) in [7, 11) is 0. The summed E-state index contributed by atoms with van der Waals surface area (Å²) in [6.07, 6.45) is 3.35. The molecule has 1 heterocycles. The largest absolute Gasteiger partial charge is 0.480 e. The zero-order chi connectivity index (χ0) is 15.1. The van der Waals surface area contributed by atoms with Crippen LogP contribution in [0.5, 0.6) is 0 Å². The van der Waals surface area contributed by atoms with Gasteiger partial charge in [-0.2, -0.15) is 0 Å². The molecule has 1 atom stereocenters. The fourth-order valence-electron chi connectivity index (χ4n) is 1.92. The molecule has 4 nitrogen and oxygen atoms in total. The van der Waals surface area contributed by atoms with Crippen LogP contribution < -0.4 is 5.32 Å². The Hall–Kier alpha value is -1.26. The number of aromatic nitrogens is 1. The van der Waals surface area contributed by atoms with Gasteiger partial charge < -0.3 is 9.67 Å². The standard InChI is InChI=1S/C15H23ClN2O2/c1-11(2)6-8-18-7-4-5-13(18)10-17-14(15(19)20)9-12(3)16/h4-5,7,11,14,17H,3,6,8-10H2,1-2H3,(H,19,20). The van der Waals surface area contributed by atoms with E-state index in [0.29, 0.717) is 17.5 Å². The molecule has 1 aromatic rings. The van der Waals surface area contributed by atoms with Crippen LogP contribution >= 0.6 is 11.6 Å². The van der Waals surface area contributed by atoms with Gasteiger partial charge in [0.15, 0.2) is 0 Å². The van der Waals surface area contributed by atoms with Gasteiger partial charge in [-0.05, 0) is 24.5 Å². The minimum atomic E-state index is -0.910. The summed E-state index contributed by atoms with van der Waals surface area (Å²) in [6.45, 7) is 9.37. The highest BCUT2D eigenvalue weighted by Gasteiger charge is 2.17. The second-order valence-corrected chi connectivity index (χ2v) is 5.90. The van der Waals surface area contributed by atoms with Crippen molar-refractivity contribution in [1.82, 2.24) is 9.88 Å². The molecule has 2 N–H and O–H groups in total. The summed E-state index contributed by atoms with van der Waals surface area (Å²) < 4.78 is 2.15. The van der Waals surface area contributed by atoms with Gasteiger partial charge in [0, 0.05) is 36.4 Å². The lowest BCUT2D eigenvalue weighted by Gasteiger charge is -2.16. The molecular weight excluding hydrogens is 276 g/mol. The summed E-state index contributed by atoms with van der Waals surface area (Å²) in [5.41, 5.74) is 1.08. The fraction of sp³-hybridized carbons (Fsp3) is 0.533. The van der Waals surface area contributed by atoms with E-state index in [1.54, 1.807) is 0 Å². The zero-order valence-corrected chi connectivity index (χ0v) is 12.9. The minimum Gasteiger partial charge on any atom is -0.480 e. The number of rotatable bonds is 9. The number of nitrogens with zero attached hydrogens (tertiary/aromatic N) is 1. The van der Waals surface area contributed by atoms with Gasteiger partial charge in [0.2, 0.25) is 0 Å². The summed E-state index contributed by atoms with van der Waals surface area (Å²) in [4.78, 5) is 11.1. The molecule has 0 radical (unpaired) electrons. The van der Waals surface area contributed by atoms with E-state index in [9.17, 15) is 4.79 Å². The van der Waals surface area contributed by atoms with Crippen molar-refractivity contribution in [2.45, 2.75) is 45.8 Å². The van der Waals surface area contributed by atoms with Crippen LogP contribution in [0.2, 0.25) is 0 Å². The molecule has 0 fully saturated rings. The zero-order valence-electron chi connectivity index (χ0n) is 12.1. The molecule has 0 bridgehead atoms. The lowest BCUT2D eigenvalue weighted by atomic mass is 10.1. The van der Waals surface area contributed by atoms with Crippen molar-refractivity contribution in [3.63, 3.8) is 0 Å². The van der Waals surface area contributed by atoms with E-state index in [0.717, 1.165) is 18.7 Å². The molecule has 5 heteroatoms. The van der Waals surface area contributed by atoms with Crippen molar-refractivity contribution >= 4 is 17.6 Å². The SMILES string of the molecule is C=C(Cl)CC(NCc1cccn1CCC(C)C)C(=O)O. The molecule has 1 rings (SSSR count). The van der Waals surface area contributed by atoms with Gasteiger partial charge in [0.1, 0.15) is 6.04 Å². The maximum Gasteiger partial charge on any atom is 0.321 e. The van der Waals surface area contributed by atoms with Crippen molar-refractivity contribution in [3.8, 4) is 0 Å². The highest BCUT2D eigenvalue weighted by atomic mass is 35.5. The molecule has 1 aromatic heterocycles. The number of hydrogen-bond acceptors (Lipinski definition) is 2. The number of aliphatic carboxylic acids is 1. The van der Waals surface area contributed by atoms with Gasteiger partial charge in [-0.3, -0.25) is 10.1 Å². The summed E-state index contributed by atoms with van der Waals surface area (Å²) in [5, 5.41) is 12.5. The van der Waals surface area contributed by atoms with Crippen molar-refractivity contribution < 1.29 is 9.90 Å². The van der Waals surface area contributed by atoms with Crippen LogP contribution in [0.15, 0.2) is 29.9 Å². The van der Waals surface area contributed by atoms with Crippen LogP contribution in [-0.2, 0) is 17.9 Å². The average molecular weight is 299 g/mol. The normalized spacial score (nSPS) is 12.6. The molecule has 0 amide bonds. The van der Waals surface area contributed by atoms with E-state index >= 15 is 0 Å². The molecule has 0 aliphatic heterocycles. The summed E-state index contributed by atoms with van der Waals surface area (Å²) in [6, 6.07) is 3.28. The van der Waals surface area contributed by atoms with Crippen LogP contribution in [0.3, 0.4) is 0 Å². The maximum absolute atomic E-state index is 11.1. The molecule has 0 aliphatic carbocycles. The van der Waals surface area contributed by atoms with Gasteiger partial charge in [-0.1, -0.05) is 32.0 Å². The Kier molecular flexibility index (Phi) is 6.82. The smallest absolute Gasteiger partial charge is 0.321 e. The molecule has 0 saturated heterocycles. The Labute approximate surface area is 125 Å². The number of carboxylic acid groups (broad SMARTS) is 1. The third-order valence-electron chi connectivity index (χ3n) is 3.12. The highest BCUT2D eigenvalue weighted by molar-refractivity contribution is 6.29. The molecule has 0 spiro atoms. The lowest BCUT2D eigenvalue weighted by molar-refractivity contribution is -0.139. The van der Waals surface area contributed by atoms with Crippen molar-refractivity contribution in [2.24, 2.45) is 5.92 Å². The van der Waals surface area contributed by atoms with Crippen LogP contribution in [-0.4, -0.2) is 21.7 Å². The fourth-order valence-corrected chi connectivity index (χ4v) is 2.08. The molecule has 1 unspecified atom stereocenters. The highest BCUT2D eigenvalue weighted by Crippen LogP contribution is 2.11. The number of nitrogens with one attached hydrogen (secondary N) is 1. The molecule has 0 saturated carbocycles. The summed E-state index contributed by atoms with van der Waals surface area (Å²) >= 11 is 5.69. The van der Waals surface area contributed by atoms with Crippen molar-refractivity contribution in [2.75, 3.05) is 0 Å². The van der Waals surface area contributed by atoms with Crippen LogP contribution in [0.1, 0.15) is 32.4 Å². The quantitative estimate of drug-likeness (QED) is 0.736. The Balaban J connectivity index is 2.57. The van der Waals surface area contributed by atoms with E-state index < -0.39 is 12.0 Å². The van der Waals surface area contributed by atoms with Crippen molar-refractivity contribution in [1.29, 1.82) is 0 Å². The molecule has 112 valence electrons. The van der Waals surface area contributed by atoms with Gasteiger partial charge >= 0.3 is 5.97 Å². The van der Waals surface area contributed by atoms with Crippen molar-refractivity contribution in [3.05, 3.63) is 35.6 Å². The Morgan fingerprint density at radius 2 is 2.25 bits per heavy atom. The molecule has 0 aliphatic rings. The minimum absolute atomic E-state index is 0.226. The van der Waals surface area contributed by atoms with E-state index in [-0.39, 0.29) is 6.42 Å². The number of carbonyl (C=O) groups is 1. The maximum atomic E-state index is 11.1. The lowest BCUT2D eigenvalue weighted by Crippen LogP contribution is -2.36. The monoisotopic (exact) mass is 298 g/mol. The second-order valence-electron chi connectivity index (χ2n) is 5.37. The average Bonchev–Trinajstić information content (AvgIpc) is 2.78. The van der Waals surface area contributed by atoms with Gasteiger partial charge in [-0.25, -0.2) is 0 Å². The first kappa shape index (κ1) is 16.8. The second kappa shape index (κ2) is 8.12. The first-order chi connectivity index (χ1) is 9.40. The first-order valence-corrected chi connectivity index (χ1v) is 7.21. The number of carboxylic acids is 1. The Morgan fingerprint density at radius 1 is 1.55 bits per heavy atom. The van der Waals surface area contributed by atoms with Gasteiger partial charge in [0.25, 0.3) is 0 Å². The van der Waals surface area contributed by atoms with Gasteiger partial charge in [0.05, 0.1) is 0 Å². The van der Waals surface area contributed by atoms with Crippen LogP contribution in [0.25, 0.3) is 0 Å². The third-order valence-corrected chi connectivity index (χ3v) is 3.28. The Morgan fingerprint density at radius 3 is 2.80 bits per heavy atom. The first-order valence-electron chi connectivity index (χ1n) is 6.83. The van der Waals surface area contributed by atoms with E-state index in [4.69, 9.17) is 16.7 Å².